The Morgan fingerprint density at radius 1 is 1.19 bits per heavy atom. The van der Waals surface area contributed by atoms with Crippen molar-refractivity contribution in [3.05, 3.63) is 64.2 Å². The van der Waals surface area contributed by atoms with Crippen LogP contribution in [0.25, 0.3) is 0 Å². The van der Waals surface area contributed by atoms with Crippen LogP contribution < -0.4 is 5.73 Å². The molecule has 0 aliphatic rings. The van der Waals surface area contributed by atoms with Gasteiger partial charge in [-0.2, -0.15) is 0 Å². The Kier molecular flexibility index (Phi) is 5.03. The van der Waals surface area contributed by atoms with Crippen LogP contribution in [-0.4, -0.2) is 11.0 Å². The summed E-state index contributed by atoms with van der Waals surface area (Å²) in [6, 6.07) is 9.06. The minimum Gasteiger partial charge on any atom is -0.409 e. The Bertz CT molecular complexity index is 654. The Morgan fingerprint density at radius 2 is 1.76 bits per heavy atom. The van der Waals surface area contributed by atoms with E-state index in [1.807, 2.05) is 0 Å². The zero-order valence-electron chi connectivity index (χ0n) is 10.7. The normalized spacial score (nSPS) is 11.7. The van der Waals surface area contributed by atoms with Gasteiger partial charge in [-0.3, -0.25) is 0 Å². The molecule has 0 saturated carbocycles. The van der Waals surface area contributed by atoms with E-state index in [1.54, 1.807) is 24.3 Å². The van der Waals surface area contributed by atoms with E-state index in [9.17, 15) is 8.78 Å². The van der Waals surface area contributed by atoms with Crippen LogP contribution >= 0.6 is 23.4 Å². The number of hydrogen-bond donors (Lipinski definition) is 2. The smallest absolute Gasteiger partial charge is 0.170 e. The maximum absolute atomic E-state index is 13.9. The van der Waals surface area contributed by atoms with Gasteiger partial charge in [0.25, 0.3) is 0 Å². The van der Waals surface area contributed by atoms with Gasteiger partial charge in [-0.25, -0.2) is 8.78 Å². The van der Waals surface area contributed by atoms with Crippen LogP contribution in [0.1, 0.15) is 11.1 Å². The fourth-order valence-electron chi connectivity index (χ4n) is 1.64. The molecule has 0 amide bonds. The number of nitrogens with zero attached hydrogens (tertiary/aromatic N) is 1. The number of amidine groups is 1. The predicted octanol–water partition coefficient (Wildman–Crippen LogP) is 4.01. The summed E-state index contributed by atoms with van der Waals surface area (Å²) in [5, 5.41) is 11.8. The average Bonchev–Trinajstić information content (AvgIpc) is 2.47. The summed E-state index contributed by atoms with van der Waals surface area (Å²) in [5.41, 5.74) is 6.19. The lowest BCUT2D eigenvalue weighted by atomic mass is 10.2. The molecule has 0 unspecified atom stereocenters. The third kappa shape index (κ3) is 3.86. The Hall–Kier alpha value is -1.79. The lowest BCUT2D eigenvalue weighted by Gasteiger charge is -2.07. The highest BCUT2D eigenvalue weighted by Crippen LogP contribution is 2.29. The van der Waals surface area contributed by atoms with Crippen molar-refractivity contribution in [2.45, 2.75) is 10.6 Å². The molecule has 3 nitrogen and oxygen atoms in total. The summed E-state index contributed by atoms with van der Waals surface area (Å²) in [5.74, 6) is -1.46. The summed E-state index contributed by atoms with van der Waals surface area (Å²) in [6.07, 6.45) is 0. The van der Waals surface area contributed by atoms with Crippen molar-refractivity contribution in [3.8, 4) is 0 Å². The van der Waals surface area contributed by atoms with Crippen molar-refractivity contribution in [2.75, 3.05) is 0 Å². The van der Waals surface area contributed by atoms with Gasteiger partial charge in [0.15, 0.2) is 5.84 Å². The zero-order valence-corrected chi connectivity index (χ0v) is 12.3. The first-order chi connectivity index (χ1) is 10.0. The monoisotopic (exact) mass is 328 g/mol. The van der Waals surface area contributed by atoms with E-state index in [1.165, 1.54) is 0 Å². The fourth-order valence-corrected chi connectivity index (χ4v) is 2.66. The highest BCUT2D eigenvalue weighted by molar-refractivity contribution is 7.98. The van der Waals surface area contributed by atoms with E-state index < -0.39 is 11.6 Å². The summed E-state index contributed by atoms with van der Waals surface area (Å²) in [7, 11) is 0. The van der Waals surface area contributed by atoms with E-state index in [4.69, 9.17) is 22.5 Å². The van der Waals surface area contributed by atoms with Gasteiger partial charge in [-0.1, -0.05) is 28.9 Å². The van der Waals surface area contributed by atoms with Crippen LogP contribution in [0, 0.1) is 11.6 Å². The Balaban J connectivity index is 2.19. The van der Waals surface area contributed by atoms with Crippen LogP contribution in [-0.2, 0) is 5.75 Å². The lowest BCUT2D eigenvalue weighted by molar-refractivity contribution is 0.318. The first-order valence-corrected chi connectivity index (χ1v) is 7.22. The first-order valence-electron chi connectivity index (χ1n) is 5.85. The van der Waals surface area contributed by atoms with Crippen LogP contribution in [0.3, 0.4) is 0 Å². The average molecular weight is 329 g/mol. The molecule has 0 aliphatic heterocycles. The maximum atomic E-state index is 13.9. The number of benzene rings is 2. The Morgan fingerprint density at radius 3 is 2.29 bits per heavy atom. The molecule has 0 heterocycles. The zero-order chi connectivity index (χ0) is 15.4. The lowest BCUT2D eigenvalue weighted by Crippen LogP contribution is -2.14. The van der Waals surface area contributed by atoms with E-state index in [-0.39, 0.29) is 16.3 Å². The predicted molar refractivity (Wildman–Crippen MR) is 79.9 cm³/mol. The van der Waals surface area contributed by atoms with Crippen LogP contribution in [0.4, 0.5) is 8.78 Å². The molecule has 7 heteroatoms. The molecule has 110 valence electrons. The number of oxime groups is 1. The highest BCUT2D eigenvalue weighted by Gasteiger charge is 2.14. The van der Waals surface area contributed by atoms with Gasteiger partial charge in [-0.15, -0.1) is 11.8 Å². The molecule has 0 aromatic heterocycles. The molecule has 3 N–H and O–H groups in total. The molecule has 0 spiro atoms. The van der Waals surface area contributed by atoms with Crippen molar-refractivity contribution in [1.82, 2.24) is 0 Å². The largest absolute Gasteiger partial charge is 0.409 e. The second kappa shape index (κ2) is 6.78. The molecule has 2 aromatic rings. The topological polar surface area (TPSA) is 58.6 Å². The second-order valence-corrected chi connectivity index (χ2v) is 5.59. The number of rotatable bonds is 4. The third-order valence-corrected chi connectivity index (χ3v) is 4.11. The van der Waals surface area contributed by atoms with E-state index in [2.05, 4.69) is 5.16 Å². The molecule has 21 heavy (non-hydrogen) atoms. The molecule has 0 fully saturated rings. The van der Waals surface area contributed by atoms with E-state index in [0.29, 0.717) is 10.8 Å². The molecule has 0 atom stereocenters. The highest BCUT2D eigenvalue weighted by atomic mass is 35.5. The molecular formula is C14H11ClF2N2OS. The van der Waals surface area contributed by atoms with Gasteiger partial charge >= 0.3 is 0 Å². The van der Waals surface area contributed by atoms with Gasteiger partial charge in [0.2, 0.25) is 0 Å². The first kappa shape index (κ1) is 15.6. The number of halogens is 3. The number of hydrogen-bond acceptors (Lipinski definition) is 3. The minimum atomic E-state index is -0.754. The molecular weight excluding hydrogens is 318 g/mol. The third-order valence-electron chi connectivity index (χ3n) is 2.70. The van der Waals surface area contributed by atoms with Crippen LogP contribution in [0.5, 0.6) is 0 Å². The quantitative estimate of drug-likeness (QED) is 0.293. The number of thioether (sulfide) groups is 1. The SMILES string of the molecule is N/C(=N/O)c1cc(F)c(SCc2ccc(Cl)cc2)c(F)c1. The molecule has 2 aromatic carbocycles. The van der Waals surface area contributed by atoms with Gasteiger partial charge in [-0.05, 0) is 29.8 Å². The Labute approximate surface area is 129 Å². The molecule has 2 rings (SSSR count). The minimum absolute atomic E-state index is 0.0108. The summed E-state index contributed by atoms with van der Waals surface area (Å²) < 4.78 is 27.8. The van der Waals surface area contributed by atoms with E-state index in [0.717, 1.165) is 29.5 Å². The molecule has 0 saturated heterocycles. The molecule has 0 aliphatic carbocycles. The second-order valence-electron chi connectivity index (χ2n) is 4.17. The van der Waals surface area contributed by atoms with Crippen molar-refractivity contribution in [1.29, 1.82) is 0 Å². The summed E-state index contributed by atoms with van der Waals surface area (Å²) in [4.78, 5) is -0.112. The van der Waals surface area contributed by atoms with Crippen molar-refractivity contribution in [3.63, 3.8) is 0 Å². The standard InChI is InChI=1S/C14H11ClF2N2OS/c15-10-3-1-8(2-4-10)7-21-13-11(16)5-9(6-12(13)17)14(18)19-20/h1-6,20H,7H2,(H2,18,19). The molecule has 0 radical (unpaired) electrons. The van der Waals surface area contributed by atoms with Crippen LogP contribution in [0.2, 0.25) is 5.02 Å². The molecule has 0 bridgehead atoms. The van der Waals surface area contributed by atoms with Crippen molar-refractivity contribution in [2.24, 2.45) is 10.9 Å². The van der Waals surface area contributed by atoms with Crippen molar-refractivity contribution >= 4 is 29.2 Å². The summed E-state index contributed by atoms with van der Waals surface area (Å²) in [6.45, 7) is 0. The summed E-state index contributed by atoms with van der Waals surface area (Å²) >= 11 is 6.79. The number of nitrogens with two attached hydrogens (primary N) is 1. The van der Waals surface area contributed by atoms with Gasteiger partial charge in [0.1, 0.15) is 11.6 Å². The van der Waals surface area contributed by atoms with E-state index >= 15 is 0 Å². The van der Waals surface area contributed by atoms with Crippen molar-refractivity contribution < 1.29 is 14.0 Å². The fraction of sp³-hybridized carbons (Fsp3) is 0.0714. The van der Waals surface area contributed by atoms with Gasteiger partial charge in [0.05, 0.1) is 4.90 Å². The van der Waals surface area contributed by atoms with Crippen LogP contribution in [0.15, 0.2) is 46.4 Å². The maximum Gasteiger partial charge on any atom is 0.170 e. The van der Waals surface area contributed by atoms with Gasteiger partial charge < -0.3 is 10.9 Å². The van der Waals surface area contributed by atoms with Gasteiger partial charge in [0, 0.05) is 16.3 Å².